The monoisotopic (exact) mass is 285 g/mol. The molecule has 0 aliphatic carbocycles. The summed E-state index contributed by atoms with van der Waals surface area (Å²) in [6, 6.07) is 0. The lowest BCUT2D eigenvalue weighted by Gasteiger charge is -2.03. The van der Waals surface area contributed by atoms with Gasteiger partial charge in [-0.05, 0) is 35.0 Å². The zero-order chi connectivity index (χ0) is 10.1. The van der Waals surface area contributed by atoms with Gasteiger partial charge < -0.3 is 9.64 Å². The molecule has 0 aromatic carbocycles. The van der Waals surface area contributed by atoms with Crippen LogP contribution in [0.1, 0.15) is 13.8 Å². The van der Waals surface area contributed by atoms with Crippen molar-refractivity contribution >= 4 is 22.6 Å². The standard InChI is InChI=1S/C6H11IO.C3H9N/c1-5(2)4-8-6(3)7;1-4(2)3/h6H,1,4H2,2-3H3;1-3H3. The molecule has 3 heteroatoms. The fourth-order valence-corrected chi connectivity index (χ4v) is 0.437. The second-order valence-corrected chi connectivity index (χ2v) is 4.91. The number of halogens is 1. The smallest absolute Gasteiger partial charge is 0.106 e. The molecule has 0 aliphatic heterocycles. The van der Waals surface area contributed by atoms with Crippen LogP contribution in [0.3, 0.4) is 0 Å². The van der Waals surface area contributed by atoms with Crippen LogP contribution in [0.4, 0.5) is 0 Å². The SMILES string of the molecule is C=C(C)COC(C)I.CN(C)C. The molecule has 0 N–H and O–H groups in total. The van der Waals surface area contributed by atoms with Gasteiger partial charge in [-0.3, -0.25) is 0 Å². The Labute approximate surface area is 90.1 Å². The molecule has 74 valence electrons. The van der Waals surface area contributed by atoms with Crippen molar-refractivity contribution in [3.8, 4) is 0 Å². The van der Waals surface area contributed by atoms with Crippen LogP contribution in [0.15, 0.2) is 12.2 Å². The number of hydrogen-bond acceptors (Lipinski definition) is 2. The third-order valence-electron chi connectivity index (χ3n) is 0.559. The van der Waals surface area contributed by atoms with Gasteiger partial charge in [0.05, 0.1) is 6.61 Å². The largest absolute Gasteiger partial charge is 0.364 e. The maximum atomic E-state index is 5.19. The number of rotatable bonds is 3. The van der Waals surface area contributed by atoms with Crippen LogP contribution in [0.25, 0.3) is 0 Å². The molecule has 12 heavy (non-hydrogen) atoms. The normalized spacial score (nSPS) is 11.9. The van der Waals surface area contributed by atoms with Crippen LogP contribution in [-0.2, 0) is 4.74 Å². The van der Waals surface area contributed by atoms with Gasteiger partial charge in [-0.15, -0.1) is 0 Å². The van der Waals surface area contributed by atoms with E-state index in [1.807, 2.05) is 39.9 Å². The van der Waals surface area contributed by atoms with Gasteiger partial charge in [-0.1, -0.05) is 34.7 Å². The van der Waals surface area contributed by atoms with E-state index in [1.165, 1.54) is 0 Å². The number of alkyl halides is 1. The molecule has 0 aromatic rings. The predicted molar refractivity (Wildman–Crippen MR) is 63.9 cm³/mol. The molecule has 1 atom stereocenters. The average molecular weight is 285 g/mol. The molecule has 0 saturated carbocycles. The molecule has 1 unspecified atom stereocenters. The average Bonchev–Trinajstić information content (AvgIpc) is 1.82. The maximum Gasteiger partial charge on any atom is 0.106 e. The third-order valence-corrected chi connectivity index (χ3v) is 0.919. The quantitative estimate of drug-likeness (QED) is 0.449. The third kappa shape index (κ3) is 31.5. The minimum Gasteiger partial charge on any atom is -0.364 e. The highest BCUT2D eigenvalue weighted by Gasteiger charge is 1.91. The van der Waals surface area contributed by atoms with Crippen LogP contribution in [-0.4, -0.2) is 36.8 Å². The van der Waals surface area contributed by atoms with Crippen molar-refractivity contribution in [2.45, 2.75) is 18.0 Å². The first-order valence-electron chi connectivity index (χ1n) is 3.87. The number of ether oxygens (including phenoxy) is 1. The van der Waals surface area contributed by atoms with E-state index in [0.29, 0.717) is 10.7 Å². The molecule has 0 spiro atoms. The van der Waals surface area contributed by atoms with Crippen molar-refractivity contribution in [1.82, 2.24) is 4.90 Å². The molecule has 0 saturated heterocycles. The van der Waals surface area contributed by atoms with Crippen molar-refractivity contribution in [2.24, 2.45) is 0 Å². The molecule has 0 fully saturated rings. The Morgan fingerprint density at radius 2 is 1.83 bits per heavy atom. The Morgan fingerprint density at radius 1 is 1.50 bits per heavy atom. The summed E-state index contributed by atoms with van der Waals surface area (Å²) < 4.78 is 5.49. The second kappa shape index (κ2) is 9.48. The highest BCUT2D eigenvalue weighted by atomic mass is 127. The van der Waals surface area contributed by atoms with Gasteiger partial charge in [0, 0.05) is 0 Å². The van der Waals surface area contributed by atoms with Gasteiger partial charge in [0.2, 0.25) is 0 Å². The molecular formula is C9H20INO. The Balaban J connectivity index is 0. The van der Waals surface area contributed by atoms with Crippen molar-refractivity contribution in [2.75, 3.05) is 27.7 Å². The summed E-state index contributed by atoms with van der Waals surface area (Å²) in [6.07, 6.45) is 0. The lowest BCUT2D eigenvalue weighted by molar-refractivity contribution is 0.157. The van der Waals surface area contributed by atoms with E-state index in [4.69, 9.17) is 4.74 Å². The Morgan fingerprint density at radius 3 is 1.92 bits per heavy atom. The van der Waals surface area contributed by atoms with Crippen molar-refractivity contribution in [3.05, 3.63) is 12.2 Å². The molecule has 0 heterocycles. The van der Waals surface area contributed by atoms with Crippen LogP contribution in [0, 0.1) is 0 Å². The van der Waals surface area contributed by atoms with Crippen molar-refractivity contribution < 1.29 is 4.74 Å². The van der Waals surface area contributed by atoms with Crippen LogP contribution in [0.5, 0.6) is 0 Å². The number of nitrogens with zero attached hydrogens (tertiary/aromatic N) is 1. The zero-order valence-electron chi connectivity index (χ0n) is 8.72. The summed E-state index contributed by atoms with van der Waals surface area (Å²) in [5, 5.41) is 0. The molecule has 0 rings (SSSR count). The van der Waals surface area contributed by atoms with Crippen molar-refractivity contribution in [3.63, 3.8) is 0 Å². The minimum atomic E-state index is 0.296. The molecule has 2 nitrogen and oxygen atoms in total. The second-order valence-electron chi connectivity index (χ2n) is 3.15. The van der Waals surface area contributed by atoms with E-state index in [2.05, 4.69) is 29.2 Å². The summed E-state index contributed by atoms with van der Waals surface area (Å²) in [5.41, 5.74) is 1.08. The summed E-state index contributed by atoms with van der Waals surface area (Å²) in [6.45, 7) is 8.34. The van der Waals surface area contributed by atoms with Gasteiger partial charge >= 0.3 is 0 Å². The molecule has 0 bridgehead atoms. The molecular weight excluding hydrogens is 265 g/mol. The highest BCUT2D eigenvalue weighted by molar-refractivity contribution is 14.1. The summed E-state index contributed by atoms with van der Waals surface area (Å²) >= 11 is 2.21. The van der Waals surface area contributed by atoms with Gasteiger partial charge in [-0.25, -0.2) is 0 Å². The lowest BCUT2D eigenvalue weighted by atomic mass is 10.4. The van der Waals surface area contributed by atoms with Crippen molar-refractivity contribution in [1.29, 1.82) is 0 Å². The first kappa shape index (κ1) is 14.9. The topological polar surface area (TPSA) is 12.5 Å². The molecule has 0 radical (unpaired) electrons. The maximum absolute atomic E-state index is 5.19. The van der Waals surface area contributed by atoms with Gasteiger partial charge in [0.25, 0.3) is 0 Å². The highest BCUT2D eigenvalue weighted by Crippen LogP contribution is 2.01. The summed E-state index contributed by atoms with van der Waals surface area (Å²) in [5.74, 6) is 0. The van der Waals surface area contributed by atoms with E-state index in [1.54, 1.807) is 0 Å². The van der Waals surface area contributed by atoms with E-state index in [9.17, 15) is 0 Å². The van der Waals surface area contributed by atoms with Crippen LogP contribution >= 0.6 is 22.6 Å². The van der Waals surface area contributed by atoms with Crippen LogP contribution in [0.2, 0.25) is 0 Å². The van der Waals surface area contributed by atoms with E-state index >= 15 is 0 Å². The fourth-order valence-electron chi connectivity index (χ4n) is 0.257. The van der Waals surface area contributed by atoms with E-state index < -0.39 is 0 Å². The summed E-state index contributed by atoms with van der Waals surface area (Å²) in [4.78, 5) is 2.00. The fraction of sp³-hybridized carbons (Fsp3) is 0.778. The predicted octanol–water partition coefficient (Wildman–Crippen LogP) is 2.54. The first-order valence-corrected chi connectivity index (χ1v) is 5.11. The van der Waals surface area contributed by atoms with Gasteiger partial charge in [0.1, 0.15) is 4.11 Å². The van der Waals surface area contributed by atoms with Gasteiger partial charge in [0.15, 0.2) is 0 Å². The number of hydrogen-bond donors (Lipinski definition) is 0. The molecule has 0 aliphatic rings. The van der Waals surface area contributed by atoms with Gasteiger partial charge in [-0.2, -0.15) is 0 Å². The first-order chi connectivity index (χ1) is 5.36. The molecule has 0 amide bonds. The van der Waals surface area contributed by atoms with E-state index in [0.717, 1.165) is 5.57 Å². The minimum absolute atomic E-state index is 0.296. The molecule has 0 aromatic heterocycles. The Bertz CT molecular complexity index is 110. The Kier molecular flexibility index (Phi) is 11.8. The van der Waals surface area contributed by atoms with Crippen LogP contribution < -0.4 is 0 Å². The Hall–Kier alpha value is 0.390. The lowest BCUT2D eigenvalue weighted by Crippen LogP contribution is -2.00. The summed E-state index contributed by atoms with van der Waals surface area (Å²) in [7, 11) is 6.00. The zero-order valence-corrected chi connectivity index (χ0v) is 10.9. The van der Waals surface area contributed by atoms with E-state index in [-0.39, 0.29) is 0 Å².